The summed E-state index contributed by atoms with van der Waals surface area (Å²) >= 11 is 0. The van der Waals surface area contributed by atoms with Gasteiger partial charge in [0.15, 0.2) is 0 Å². The van der Waals surface area contributed by atoms with Gasteiger partial charge in [0.05, 0.1) is 36.4 Å². The van der Waals surface area contributed by atoms with E-state index in [-0.39, 0.29) is 5.91 Å². The summed E-state index contributed by atoms with van der Waals surface area (Å²) in [6.07, 6.45) is 14.3. The van der Waals surface area contributed by atoms with E-state index < -0.39 is 0 Å². The van der Waals surface area contributed by atoms with Gasteiger partial charge in [-0.15, -0.1) is 0 Å². The van der Waals surface area contributed by atoms with Crippen LogP contribution in [0.4, 0.5) is 5.69 Å². The molecule has 8 heteroatoms. The highest BCUT2D eigenvalue weighted by atomic mass is 16.5. The molecule has 1 unspecified atom stereocenters. The first-order valence-electron chi connectivity index (χ1n) is 11.8. The number of aryl methyl sites for hydroxylation is 2. The molecule has 1 saturated heterocycles. The number of aromatic nitrogens is 4. The van der Waals surface area contributed by atoms with Crippen molar-refractivity contribution in [3.63, 3.8) is 0 Å². The number of hydrogen-bond donors (Lipinski definition) is 1. The maximum absolute atomic E-state index is 12.8. The average Bonchev–Trinajstić information content (AvgIpc) is 3.36. The van der Waals surface area contributed by atoms with Crippen molar-refractivity contribution >= 4 is 17.2 Å². The zero-order valence-electron chi connectivity index (χ0n) is 19.7. The van der Waals surface area contributed by atoms with Crippen LogP contribution in [0.2, 0.25) is 0 Å². The maximum atomic E-state index is 12.8. The quantitative estimate of drug-likeness (QED) is 0.626. The number of carbonyl (C=O) groups excluding carboxylic acids is 1. The molecule has 0 radical (unpaired) electrons. The van der Waals surface area contributed by atoms with Crippen LogP contribution in [0.3, 0.4) is 0 Å². The fourth-order valence-corrected chi connectivity index (χ4v) is 4.67. The van der Waals surface area contributed by atoms with Crippen LogP contribution < -0.4 is 5.32 Å². The monoisotopic (exact) mass is 458 g/mol. The van der Waals surface area contributed by atoms with Crippen LogP contribution in [0.1, 0.15) is 46.4 Å². The van der Waals surface area contributed by atoms with E-state index in [1.54, 1.807) is 41.6 Å². The van der Waals surface area contributed by atoms with Crippen molar-refractivity contribution in [2.45, 2.75) is 39.2 Å². The molecule has 1 amide bonds. The van der Waals surface area contributed by atoms with Crippen molar-refractivity contribution in [2.75, 3.05) is 31.6 Å². The molecular weight excluding hydrogens is 428 g/mol. The molecular formula is C26H30N6O2. The van der Waals surface area contributed by atoms with E-state index in [1.165, 1.54) is 5.57 Å². The van der Waals surface area contributed by atoms with Crippen LogP contribution in [0, 0.1) is 13.8 Å². The number of rotatable bonds is 5. The summed E-state index contributed by atoms with van der Waals surface area (Å²) in [5, 5.41) is 2.96. The van der Waals surface area contributed by atoms with Crippen molar-refractivity contribution in [3.8, 4) is 5.95 Å². The minimum atomic E-state index is -0.190. The molecule has 5 rings (SSSR count). The van der Waals surface area contributed by atoms with Gasteiger partial charge >= 0.3 is 0 Å². The van der Waals surface area contributed by atoms with E-state index in [9.17, 15) is 4.79 Å². The smallest absolute Gasteiger partial charge is 0.257 e. The third-order valence-electron chi connectivity index (χ3n) is 6.54. The lowest BCUT2D eigenvalue weighted by Gasteiger charge is -2.36. The third kappa shape index (κ3) is 4.93. The van der Waals surface area contributed by atoms with Gasteiger partial charge in [-0.3, -0.25) is 19.2 Å². The highest BCUT2D eigenvalue weighted by molar-refractivity contribution is 6.04. The molecule has 0 spiro atoms. The first-order chi connectivity index (χ1) is 16.6. The van der Waals surface area contributed by atoms with Crippen LogP contribution in [-0.4, -0.2) is 62.7 Å². The summed E-state index contributed by atoms with van der Waals surface area (Å²) < 4.78 is 7.22. The molecule has 0 aromatic carbocycles. The topological polar surface area (TPSA) is 85.2 Å². The molecule has 3 aromatic rings. The number of carbonyl (C=O) groups is 1. The summed E-state index contributed by atoms with van der Waals surface area (Å²) in [6.45, 7) is 7.73. The minimum absolute atomic E-state index is 0.190. The number of morpholine rings is 1. The second kappa shape index (κ2) is 9.87. The standard InChI is InChI=1S/C26H30N6O2/c1-18-14-28-26(29-15-18)32-8-7-21(17-32)25(33)30-22-13-19(2)24(27-16-22)20-3-5-23(6-4-20)31-9-11-34-12-10-31/h3,7-8,13-17,23H,4-6,9-12H2,1-2H3,(H,30,33). The summed E-state index contributed by atoms with van der Waals surface area (Å²) in [7, 11) is 0. The fraction of sp³-hybridized carbons (Fsp3) is 0.385. The Kier molecular flexibility index (Phi) is 6.51. The lowest BCUT2D eigenvalue weighted by atomic mass is 9.90. The van der Waals surface area contributed by atoms with E-state index in [2.05, 4.69) is 33.2 Å². The molecule has 1 N–H and O–H groups in total. The second-order valence-electron chi connectivity index (χ2n) is 9.02. The van der Waals surface area contributed by atoms with Gasteiger partial charge in [0.25, 0.3) is 5.91 Å². The molecule has 1 fully saturated rings. The maximum Gasteiger partial charge on any atom is 0.257 e. The zero-order chi connectivity index (χ0) is 23.5. The number of allylic oxidation sites excluding steroid dienone is 1. The van der Waals surface area contributed by atoms with Crippen molar-refractivity contribution < 1.29 is 9.53 Å². The van der Waals surface area contributed by atoms with Crippen LogP contribution >= 0.6 is 0 Å². The molecule has 0 saturated carbocycles. The van der Waals surface area contributed by atoms with Gasteiger partial charge in [0, 0.05) is 43.9 Å². The molecule has 2 aliphatic rings. The average molecular weight is 459 g/mol. The zero-order valence-corrected chi connectivity index (χ0v) is 19.7. The Morgan fingerprint density at radius 2 is 1.91 bits per heavy atom. The van der Waals surface area contributed by atoms with Crippen LogP contribution in [0.5, 0.6) is 0 Å². The molecule has 34 heavy (non-hydrogen) atoms. The molecule has 8 nitrogen and oxygen atoms in total. The third-order valence-corrected chi connectivity index (χ3v) is 6.54. The Morgan fingerprint density at radius 3 is 2.62 bits per heavy atom. The van der Waals surface area contributed by atoms with Gasteiger partial charge in [0.2, 0.25) is 5.95 Å². The van der Waals surface area contributed by atoms with Gasteiger partial charge in [-0.05, 0) is 61.9 Å². The minimum Gasteiger partial charge on any atom is -0.379 e. The fourth-order valence-electron chi connectivity index (χ4n) is 4.67. The van der Waals surface area contributed by atoms with Gasteiger partial charge < -0.3 is 10.1 Å². The largest absolute Gasteiger partial charge is 0.379 e. The Labute approximate surface area is 199 Å². The predicted molar refractivity (Wildman–Crippen MR) is 131 cm³/mol. The SMILES string of the molecule is Cc1cnc(-n2ccc(C(=O)Nc3cnc(C4=CCC(N5CCOCC5)CC4)c(C)c3)c2)nc1. The summed E-state index contributed by atoms with van der Waals surface area (Å²) in [5.74, 6) is 0.341. The van der Waals surface area contributed by atoms with E-state index in [0.717, 1.165) is 62.4 Å². The Hall–Kier alpha value is -3.36. The number of nitrogens with zero attached hydrogens (tertiary/aromatic N) is 5. The highest BCUT2D eigenvalue weighted by Gasteiger charge is 2.24. The van der Waals surface area contributed by atoms with E-state index >= 15 is 0 Å². The van der Waals surface area contributed by atoms with E-state index in [1.807, 2.05) is 13.0 Å². The van der Waals surface area contributed by atoms with Crippen LogP contribution in [0.25, 0.3) is 11.5 Å². The molecule has 1 atom stereocenters. The molecule has 0 bridgehead atoms. The molecule has 4 heterocycles. The van der Waals surface area contributed by atoms with E-state index in [0.29, 0.717) is 23.2 Å². The van der Waals surface area contributed by atoms with Crippen LogP contribution in [-0.2, 0) is 4.74 Å². The van der Waals surface area contributed by atoms with Crippen molar-refractivity contribution in [1.82, 2.24) is 24.4 Å². The van der Waals surface area contributed by atoms with Gasteiger partial charge in [-0.25, -0.2) is 9.97 Å². The number of ether oxygens (including phenoxy) is 1. The first kappa shape index (κ1) is 22.4. The summed E-state index contributed by atoms with van der Waals surface area (Å²) in [4.78, 5) is 28.6. The number of hydrogen-bond acceptors (Lipinski definition) is 6. The number of nitrogens with one attached hydrogen (secondary N) is 1. The van der Waals surface area contributed by atoms with Crippen molar-refractivity contribution in [1.29, 1.82) is 0 Å². The Morgan fingerprint density at radius 1 is 1.12 bits per heavy atom. The second-order valence-corrected chi connectivity index (χ2v) is 9.02. The number of pyridine rings is 1. The van der Waals surface area contributed by atoms with Gasteiger partial charge in [0.1, 0.15) is 0 Å². The highest BCUT2D eigenvalue weighted by Crippen LogP contribution is 2.31. The lowest BCUT2D eigenvalue weighted by Crippen LogP contribution is -2.43. The normalized spacial score (nSPS) is 19.0. The molecule has 1 aliphatic heterocycles. The van der Waals surface area contributed by atoms with E-state index in [4.69, 9.17) is 9.72 Å². The summed E-state index contributed by atoms with van der Waals surface area (Å²) in [5.41, 5.74) is 5.61. The molecule has 3 aromatic heterocycles. The summed E-state index contributed by atoms with van der Waals surface area (Å²) in [6, 6.07) is 4.35. The molecule has 1 aliphatic carbocycles. The van der Waals surface area contributed by atoms with Crippen molar-refractivity contribution in [2.24, 2.45) is 0 Å². The van der Waals surface area contributed by atoms with Gasteiger partial charge in [-0.2, -0.15) is 0 Å². The first-order valence-corrected chi connectivity index (χ1v) is 11.8. The number of amides is 1. The predicted octanol–water partition coefficient (Wildman–Crippen LogP) is 3.80. The van der Waals surface area contributed by atoms with Crippen molar-refractivity contribution in [3.05, 3.63) is 71.6 Å². The lowest BCUT2D eigenvalue weighted by molar-refractivity contribution is 0.0150. The number of anilines is 1. The van der Waals surface area contributed by atoms with Crippen LogP contribution in [0.15, 0.2) is 49.2 Å². The Balaban J connectivity index is 1.23. The Bertz CT molecular complexity index is 1190. The van der Waals surface area contributed by atoms with Gasteiger partial charge in [-0.1, -0.05) is 6.08 Å². The molecule has 176 valence electrons.